The largest absolute Gasteiger partial charge is 0.469 e. The summed E-state index contributed by atoms with van der Waals surface area (Å²) in [6, 6.07) is 7.77. The third kappa shape index (κ3) is 2.81. The molecule has 1 N–H and O–H groups in total. The summed E-state index contributed by atoms with van der Waals surface area (Å²) in [5.74, 6) is -1.85. The number of fused-ring (bicyclic) bond motifs is 2. The van der Waals surface area contributed by atoms with Gasteiger partial charge in [0.05, 0.1) is 18.7 Å². The van der Waals surface area contributed by atoms with E-state index < -0.39 is 36.1 Å². The molecule has 0 spiro atoms. The first-order valence-electron chi connectivity index (χ1n) is 7.88. The Kier molecular flexibility index (Phi) is 4.42. The Morgan fingerprint density at radius 3 is 2.50 bits per heavy atom. The maximum Gasteiger partial charge on any atom is 0.407 e. The van der Waals surface area contributed by atoms with Gasteiger partial charge in [0.15, 0.2) is 0 Å². The van der Waals surface area contributed by atoms with Crippen molar-refractivity contribution in [3.05, 3.63) is 35.9 Å². The summed E-state index contributed by atoms with van der Waals surface area (Å²) < 4.78 is 10.4. The van der Waals surface area contributed by atoms with Gasteiger partial charge >= 0.3 is 18.0 Å². The van der Waals surface area contributed by atoms with Gasteiger partial charge in [0.1, 0.15) is 12.0 Å². The first kappa shape index (κ1) is 16.3. The Bertz CT molecular complexity index is 646. The number of esters is 2. The summed E-state index contributed by atoms with van der Waals surface area (Å²) in [6.07, 6.45) is -0.205. The van der Waals surface area contributed by atoms with Crippen molar-refractivity contribution in [2.45, 2.75) is 37.5 Å². The molecular formula is C17H19NO6. The maximum absolute atomic E-state index is 12.3. The number of carbonyl (C=O) groups excluding carboxylic acids is 2. The van der Waals surface area contributed by atoms with E-state index in [9.17, 15) is 19.5 Å². The van der Waals surface area contributed by atoms with Crippen LogP contribution in [0.15, 0.2) is 30.3 Å². The molecule has 1 aromatic carbocycles. The van der Waals surface area contributed by atoms with E-state index in [0.29, 0.717) is 24.8 Å². The van der Waals surface area contributed by atoms with Crippen molar-refractivity contribution >= 4 is 18.0 Å². The predicted octanol–water partition coefficient (Wildman–Crippen LogP) is 1.92. The SMILES string of the molecule is COC(=O)[C@@H]1[C@@H](OC(=O)c2ccccc2)C[C@@H]2CC[C@@H]1N2C(=O)O. The number of hydrogen-bond donors (Lipinski definition) is 1. The van der Waals surface area contributed by atoms with E-state index in [1.165, 1.54) is 12.0 Å². The van der Waals surface area contributed by atoms with E-state index in [1.54, 1.807) is 30.3 Å². The zero-order valence-electron chi connectivity index (χ0n) is 13.3. The van der Waals surface area contributed by atoms with Crippen LogP contribution in [0.4, 0.5) is 4.79 Å². The fourth-order valence-electron chi connectivity index (χ4n) is 3.80. The Morgan fingerprint density at radius 2 is 1.88 bits per heavy atom. The van der Waals surface area contributed by atoms with Gasteiger partial charge in [-0.25, -0.2) is 9.59 Å². The highest BCUT2D eigenvalue weighted by Crippen LogP contribution is 2.41. The molecule has 128 valence electrons. The smallest absolute Gasteiger partial charge is 0.407 e. The third-order valence-corrected chi connectivity index (χ3v) is 4.83. The van der Waals surface area contributed by atoms with Gasteiger partial charge in [0.2, 0.25) is 0 Å². The molecule has 2 saturated heterocycles. The van der Waals surface area contributed by atoms with Crippen molar-refractivity contribution in [3.63, 3.8) is 0 Å². The molecule has 7 nitrogen and oxygen atoms in total. The monoisotopic (exact) mass is 333 g/mol. The molecule has 1 aromatic rings. The average Bonchev–Trinajstić information content (AvgIpc) is 2.90. The second-order valence-corrected chi connectivity index (χ2v) is 6.08. The minimum Gasteiger partial charge on any atom is -0.469 e. The number of rotatable bonds is 3. The lowest BCUT2D eigenvalue weighted by molar-refractivity contribution is -0.155. The van der Waals surface area contributed by atoms with Crippen LogP contribution in [-0.2, 0) is 14.3 Å². The standard InChI is InChI=1S/C17H19NO6/c1-23-16(20)14-12-8-7-11(18(12)17(21)22)9-13(14)24-15(19)10-5-3-2-4-6-10/h2-6,11-14H,7-9H2,1H3,(H,21,22)/t11-,12-,13-,14-/m0/s1. The lowest BCUT2D eigenvalue weighted by Crippen LogP contribution is -2.56. The Labute approximate surface area is 139 Å². The zero-order chi connectivity index (χ0) is 17.3. The van der Waals surface area contributed by atoms with Gasteiger partial charge in [-0.3, -0.25) is 4.79 Å². The summed E-state index contributed by atoms with van der Waals surface area (Å²) in [6.45, 7) is 0. The lowest BCUT2D eigenvalue weighted by Gasteiger charge is -2.41. The first-order chi connectivity index (χ1) is 11.5. The van der Waals surface area contributed by atoms with E-state index in [0.717, 1.165) is 0 Å². The fraction of sp³-hybridized carbons (Fsp3) is 0.471. The minimum atomic E-state index is -1.05. The molecule has 24 heavy (non-hydrogen) atoms. The van der Waals surface area contributed by atoms with Crippen LogP contribution in [-0.4, -0.2) is 53.3 Å². The number of amides is 1. The van der Waals surface area contributed by atoms with Gasteiger partial charge in [-0.2, -0.15) is 0 Å². The minimum absolute atomic E-state index is 0.234. The number of methoxy groups -OCH3 is 1. The van der Waals surface area contributed by atoms with Crippen LogP contribution in [0.25, 0.3) is 0 Å². The molecular weight excluding hydrogens is 314 g/mol. The summed E-state index contributed by atoms with van der Waals surface area (Å²) in [4.78, 5) is 37.3. The number of carbonyl (C=O) groups is 3. The summed E-state index contributed by atoms with van der Waals surface area (Å²) in [7, 11) is 1.25. The second-order valence-electron chi connectivity index (χ2n) is 6.08. The fourth-order valence-corrected chi connectivity index (χ4v) is 3.80. The highest BCUT2D eigenvalue weighted by Gasteiger charge is 2.54. The molecule has 7 heteroatoms. The molecule has 2 aliphatic heterocycles. The maximum atomic E-state index is 12.3. The molecule has 0 unspecified atom stereocenters. The molecule has 0 aliphatic carbocycles. The predicted molar refractivity (Wildman–Crippen MR) is 82.4 cm³/mol. The van der Waals surface area contributed by atoms with Crippen LogP contribution in [0.5, 0.6) is 0 Å². The Hall–Kier alpha value is -2.57. The van der Waals surface area contributed by atoms with Crippen LogP contribution in [0.1, 0.15) is 29.6 Å². The van der Waals surface area contributed by atoms with Crippen molar-refractivity contribution in [1.82, 2.24) is 4.90 Å². The van der Waals surface area contributed by atoms with Crippen molar-refractivity contribution in [3.8, 4) is 0 Å². The number of benzene rings is 1. The number of piperidine rings is 1. The number of hydrogen-bond acceptors (Lipinski definition) is 5. The van der Waals surface area contributed by atoms with Crippen LogP contribution in [0, 0.1) is 5.92 Å². The molecule has 0 aromatic heterocycles. The Morgan fingerprint density at radius 1 is 1.17 bits per heavy atom. The van der Waals surface area contributed by atoms with Crippen LogP contribution >= 0.6 is 0 Å². The molecule has 0 saturated carbocycles. The summed E-state index contributed by atoms with van der Waals surface area (Å²) in [5, 5.41) is 9.40. The third-order valence-electron chi connectivity index (χ3n) is 4.83. The Balaban J connectivity index is 1.83. The first-order valence-corrected chi connectivity index (χ1v) is 7.88. The summed E-state index contributed by atoms with van der Waals surface area (Å²) >= 11 is 0. The molecule has 3 rings (SSSR count). The lowest BCUT2D eigenvalue weighted by atomic mass is 9.87. The van der Waals surface area contributed by atoms with Gasteiger partial charge in [-0.15, -0.1) is 0 Å². The number of carboxylic acid groups (broad SMARTS) is 1. The molecule has 4 atom stereocenters. The van der Waals surface area contributed by atoms with Crippen LogP contribution in [0.2, 0.25) is 0 Å². The molecule has 2 fully saturated rings. The van der Waals surface area contributed by atoms with Crippen LogP contribution < -0.4 is 0 Å². The normalized spacial score (nSPS) is 28.3. The van der Waals surface area contributed by atoms with Crippen molar-refractivity contribution in [1.29, 1.82) is 0 Å². The van der Waals surface area contributed by atoms with Crippen LogP contribution in [0.3, 0.4) is 0 Å². The zero-order valence-corrected chi connectivity index (χ0v) is 13.3. The second kappa shape index (κ2) is 6.51. The molecule has 1 amide bonds. The quantitative estimate of drug-likeness (QED) is 0.850. The van der Waals surface area contributed by atoms with E-state index >= 15 is 0 Å². The highest BCUT2D eigenvalue weighted by molar-refractivity contribution is 5.89. The van der Waals surface area contributed by atoms with E-state index in [-0.39, 0.29) is 6.04 Å². The van der Waals surface area contributed by atoms with E-state index in [1.807, 2.05) is 0 Å². The van der Waals surface area contributed by atoms with E-state index in [2.05, 4.69) is 0 Å². The van der Waals surface area contributed by atoms with Gasteiger partial charge in [0, 0.05) is 12.5 Å². The van der Waals surface area contributed by atoms with Gasteiger partial charge < -0.3 is 19.5 Å². The summed E-state index contributed by atoms with van der Waals surface area (Å²) in [5.41, 5.74) is 0.397. The van der Waals surface area contributed by atoms with Gasteiger partial charge in [-0.1, -0.05) is 18.2 Å². The topological polar surface area (TPSA) is 93.1 Å². The molecule has 2 bridgehead atoms. The average molecular weight is 333 g/mol. The number of nitrogens with zero attached hydrogens (tertiary/aromatic N) is 1. The molecule has 2 aliphatic rings. The van der Waals surface area contributed by atoms with Gasteiger partial charge in [0.25, 0.3) is 0 Å². The highest BCUT2D eigenvalue weighted by atomic mass is 16.6. The molecule has 0 radical (unpaired) electrons. The number of ether oxygens (including phenoxy) is 2. The van der Waals surface area contributed by atoms with Crippen molar-refractivity contribution in [2.24, 2.45) is 5.92 Å². The van der Waals surface area contributed by atoms with E-state index in [4.69, 9.17) is 9.47 Å². The van der Waals surface area contributed by atoms with Crippen molar-refractivity contribution in [2.75, 3.05) is 7.11 Å². The van der Waals surface area contributed by atoms with Crippen molar-refractivity contribution < 1.29 is 29.0 Å². The molecule has 2 heterocycles. The van der Waals surface area contributed by atoms with Gasteiger partial charge in [-0.05, 0) is 25.0 Å².